The molecule has 0 saturated carbocycles. The molecular formula is C17H27NO. The number of aryl methyl sites for hydroxylation is 1. The Morgan fingerprint density at radius 1 is 1.37 bits per heavy atom. The lowest BCUT2D eigenvalue weighted by atomic mass is 9.97. The minimum atomic E-state index is 0.335. The molecule has 1 rings (SSSR count). The van der Waals surface area contributed by atoms with Gasteiger partial charge in [-0.25, -0.2) is 0 Å². The SMILES string of the molecule is C=C(CC)CC(NCCC)c1ccc(C)c(OC)c1. The Bertz CT molecular complexity index is 412. The zero-order valence-corrected chi connectivity index (χ0v) is 12.8. The molecule has 0 aliphatic carbocycles. The molecule has 0 aliphatic rings. The van der Waals surface area contributed by atoms with E-state index in [2.05, 4.69) is 50.9 Å². The predicted octanol–water partition coefficient (Wildman–Crippen LogP) is 4.40. The Morgan fingerprint density at radius 3 is 2.68 bits per heavy atom. The van der Waals surface area contributed by atoms with E-state index in [1.807, 2.05) is 0 Å². The van der Waals surface area contributed by atoms with Crippen LogP contribution in [0.3, 0.4) is 0 Å². The van der Waals surface area contributed by atoms with Crippen molar-refractivity contribution in [3.63, 3.8) is 0 Å². The molecule has 0 radical (unpaired) electrons. The zero-order chi connectivity index (χ0) is 14.3. The third-order valence-electron chi connectivity index (χ3n) is 3.47. The topological polar surface area (TPSA) is 21.3 Å². The summed E-state index contributed by atoms with van der Waals surface area (Å²) in [5.74, 6) is 0.961. The predicted molar refractivity (Wildman–Crippen MR) is 82.8 cm³/mol. The Balaban J connectivity index is 2.92. The number of hydrogen-bond acceptors (Lipinski definition) is 2. The van der Waals surface area contributed by atoms with Crippen molar-refractivity contribution >= 4 is 0 Å². The molecule has 0 spiro atoms. The molecule has 0 bridgehead atoms. The van der Waals surface area contributed by atoms with Gasteiger partial charge in [0.2, 0.25) is 0 Å². The third-order valence-corrected chi connectivity index (χ3v) is 3.47. The van der Waals surface area contributed by atoms with Crippen LogP contribution in [0, 0.1) is 6.92 Å². The van der Waals surface area contributed by atoms with E-state index >= 15 is 0 Å². The zero-order valence-electron chi connectivity index (χ0n) is 12.8. The molecule has 1 aromatic rings. The van der Waals surface area contributed by atoms with Gasteiger partial charge in [-0.15, -0.1) is 0 Å². The quantitative estimate of drug-likeness (QED) is 0.700. The molecule has 2 heteroatoms. The van der Waals surface area contributed by atoms with Crippen LogP contribution >= 0.6 is 0 Å². The first-order chi connectivity index (χ1) is 9.12. The summed E-state index contributed by atoms with van der Waals surface area (Å²) < 4.78 is 5.42. The van der Waals surface area contributed by atoms with Gasteiger partial charge >= 0.3 is 0 Å². The van der Waals surface area contributed by atoms with Crippen LogP contribution < -0.4 is 10.1 Å². The van der Waals surface area contributed by atoms with Gasteiger partial charge in [-0.2, -0.15) is 0 Å². The Labute approximate surface area is 117 Å². The largest absolute Gasteiger partial charge is 0.496 e. The first-order valence-electron chi connectivity index (χ1n) is 7.16. The molecule has 0 amide bonds. The van der Waals surface area contributed by atoms with Crippen LogP contribution in [0.25, 0.3) is 0 Å². The minimum Gasteiger partial charge on any atom is -0.496 e. The molecule has 1 unspecified atom stereocenters. The Hall–Kier alpha value is -1.28. The van der Waals surface area contributed by atoms with Crippen molar-refractivity contribution in [3.05, 3.63) is 41.5 Å². The average Bonchev–Trinajstić information content (AvgIpc) is 2.43. The Morgan fingerprint density at radius 2 is 2.11 bits per heavy atom. The van der Waals surface area contributed by atoms with Crippen LogP contribution in [-0.4, -0.2) is 13.7 Å². The highest BCUT2D eigenvalue weighted by Crippen LogP contribution is 2.27. The molecule has 106 valence electrons. The lowest BCUT2D eigenvalue weighted by Gasteiger charge is -2.21. The van der Waals surface area contributed by atoms with E-state index in [4.69, 9.17) is 4.74 Å². The number of rotatable bonds is 8. The van der Waals surface area contributed by atoms with Gasteiger partial charge in [-0.1, -0.05) is 38.1 Å². The van der Waals surface area contributed by atoms with E-state index in [9.17, 15) is 0 Å². The molecule has 0 aromatic heterocycles. The second-order valence-electron chi connectivity index (χ2n) is 5.04. The van der Waals surface area contributed by atoms with E-state index in [0.29, 0.717) is 6.04 Å². The highest BCUT2D eigenvalue weighted by Gasteiger charge is 2.13. The van der Waals surface area contributed by atoms with E-state index in [-0.39, 0.29) is 0 Å². The average molecular weight is 261 g/mol. The van der Waals surface area contributed by atoms with Crippen molar-refractivity contribution in [2.75, 3.05) is 13.7 Å². The van der Waals surface area contributed by atoms with Gasteiger partial charge in [0, 0.05) is 6.04 Å². The van der Waals surface area contributed by atoms with Crippen molar-refractivity contribution in [3.8, 4) is 5.75 Å². The van der Waals surface area contributed by atoms with E-state index in [1.54, 1.807) is 7.11 Å². The highest BCUT2D eigenvalue weighted by atomic mass is 16.5. The smallest absolute Gasteiger partial charge is 0.122 e. The van der Waals surface area contributed by atoms with Crippen LogP contribution in [0.1, 0.15) is 50.3 Å². The number of nitrogens with one attached hydrogen (secondary N) is 1. The summed E-state index contributed by atoms with van der Waals surface area (Å²) in [5.41, 5.74) is 3.74. The highest BCUT2D eigenvalue weighted by molar-refractivity contribution is 5.38. The van der Waals surface area contributed by atoms with E-state index in [1.165, 1.54) is 16.7 Å². The lowest BCUT2D eigenvalue weighted by molar-refractivity contribution is 0.409. The van der Waals surface area contributed by atoms with Crippen molar-refractivity contribution in [2.24, 2.45) is 0 Å². The summed E-state index contributed by atoms with van der Waals surface area (Å²) in [6.45, 7) is 11.6. The van der Waals surface area contributed by atoms with Crippen molar-refractivity contribution in [1.29, 1.82) is 0 Å². The second-order valence-corrected chi connectivity index (χ2v) is 5.04. The first-order valence-corrected chi connectivity index (χ1v) is 7.16. The maximum Gasteiger partial charge on any atom is 0.122 e. The maximum absolute atomic E-state index is 5.42. The summed E-state index contributed by atoms with van der Waals surface area (Å²) in [4.78, 5) is 0. The lowest BCUT2D eigenvalue weighted by Crippen LogP contribution is -2.22. The molecule has 1 atom stereocenters. The van der Waals surface area contributed by atoms with E-state index in [0.717, 1.165) is 31.6 Å². The monoisotopic (exact) mass is 261 g/mol. The van der Waals surface area contributed by atoms with E-state index < -0.39 is 0 Å². The second kappa shape index (κ2) is 8.00. The standard InChI is InChI=1S/C17H27NO/c1-6-10-18-16(11-13(3)7-2)15-9-8-14(4)17(12-15)19-5/h8-9,12,16,18H,3,6-7,10-11H2,1-2,4-5H3. The fourth-order valence-corrected chi connectivity index (χ4v) is 2.11. The van der Waals surface area contributed by atoms with Crippen molar-refractivity contribution in [1.82, 2.24) is 5.32 Å². The number of benzene rings is 1. The number of ether oxygens (including phenoxy) is 1. The van der Waals surface area contributed by atoms with Gasteiger partial charge in [0.15, 0.2) is 0 Å². The minimum absolute atomic E-state index is 0.335. The molecule has 1 N–H and O–H groups in total. The van der Waals surface area contributed by atoms with Crippen LogP contribution in [0.15, 0.2) is 30.4 Å². The molecular weight excluding hydrogens is 234 g/mol. The molecule has 2 nitrogen and oxygen atoms in total. The number of methoxy groups -OCH3 is 1. The first kappa shape index (κ1) is 15.8. The molecule has 0 saturated heterocycles. The fourth-order valence-electron chi connectivity index (χ4n) is 2.11. The van der Waals surface area contributed by atoms with Gasteiger partial charge in [0.1, 0.15) is 5.75 Å². The van der Waals surface area contributed by atoms with Crippen LogP contribution in [-0.2, 0) is 0 Å². The third kappa shape index (κ3) is 4.71. The molecule has 0 fully saturated rings. The summed E-state index contributed by atoms with van der Waals surface area (Å²) in [7, 11) is 1.73. The normalized spacial score (nSPS) is 12.2. The van der Waals surface area contributed by atoms with Gasteiger partial charge in [0.05, 0.1) is 7.11 Å². The van der Waals surface area contributed by atoms with Crippen molar-refractivity contribution in [2.45, 2.75) is 46.1 Å². The van der Waals surface area contributed by atoms with Gasteiger partial charge < -0.3 is 10.1 Å². The molecule has 1 aromatic carbocycles. The van der Waals surface area contributed by atoms with Crippen LogP contribution in [0.5, 0.6) is 5.75 Å². The van der Waals surface area contributed by atoms with Crippen LogP contribution in [0.4, 0.5) is 0 Å². The van der Waals surface area contributed by atoms with Gasteiger partial charge in [-0.05, 0) is 49.9 Å². The fraction of sp³-hybridized carbons (Fsp3) is 0.529. The van der Waals surface area contributed by atoms with Crippen molar-refractivity contribution < 1.29 is 4.74 Å². The maximum atomic E-state index is 5.42. The number of hydrogen-bond donors (Lipinski definition) is 1. The summed E-state index contributed by atoms with van der Waals surface area (Å²) in [6, 6.07) is 6.80. The van der Waals surface area contributed by atoms with Gasteiger partial charge in [0.25, 0.3) is 0 Å². The molecule has 0 heterocycles. The molecule has 0 aliphatic heterocycles. The van der Waals surface area contributed by atoms with Gasteiger partial charge in [-0.3, -0.25) is 0 Å². The van der Waals surface area contributed by atoms with Crippen LogP contribution in [0.2, 0.25) is 0 Å². The Kier molecular flexibility index (Phi) is 6.65. The summed E-state index contributed by atoms with van der Waals surface area (Å²) in [6.07, 6.45) is 3.16. The molecule has 19 heavy (non-hydrogen) atoms. The summed E-state index contributed by atoms with van der Waals surface area (Å²) in [5, 5.41) is 3.61. The summed E-state index contributed by atoms with van der Waals surface area (Å²) >= 11 is 0.